The molecule has 2 heteroatoms. The summed E-state index contributed by atoms with van der Waals surface area (Å²) in [6.07, 6.45) is 2.02. The van der Waals surface area contributed by atoms with Crippen LogP contribution in [0.4, 0.5) is 5.69 Å². The van der Waals surface area contributed by atoms with Gasteiger partial charge in [0.1, 0.15) is 11.4 Å². The molecule has 1 heterocycles. The Kier molecular flexibility index (Phi) is 4.42. The lowest BCUT2D eigenvalue weighted by Crippen LogP contribution is -2.83. The first-order chi connectivity index (χ1) is 11.8. The maximum Gasteiger partial charge on any atom is 0.141 e. The molecule has 0 aromatic heterocycles. The smallest absolute Gasteiger partial charge is 0.141 e. The zero-order valence-electron chi connectivity index (χ0n) is 16.2. The number of benzene rings is 2. The van der Waals surface area contributed by atoms with E-state index in [1.54, 1.807) is 0 Å². The molecule has 25 heavy (non-hydrogen) atoms. The van der Waals surface area contributed by atoms with Crippen molar-refractivity contribution in [2.75, 3.05) is 7.05 Å². The summed E-state index contributed by atoms with van der Waals surface area (Å²) in [6, 6.07) is 17.3. The molecule has 0 atom stereocenters. The van der Waals surface area contributed by atoms with Crippen molar-refractivity contribution < 1.29 is 5.32 Å². The van der Waals surface area contributed by atoms with Crippen molar-refractivity contribution >= 4 is 17.5 Å². The number of aliphatic imine (C=N–C) groups is 1. The van der Waals surface area contributed by atoms with E-state index in [2.05, 4.69) is 93.5 Å². The van der Waals surface area contributed by atoms with Crippen molar-refractivity contribution in [1.29, 1.82) is 0 Å². The highest BCUT2D eigenvalue weighted by molar-refractivity contribution is 6.10. The number of hydrogen-bond donors (Lipinski definition) is 1. The Balaban J connectivity index is 2.33. The molecular weight excluding hydrogens is 304 g/mol. The Bertz CT molecular complexity index is 840. The lowest BCUT2D eigenvalue weighted by molar-refractivity contribution is -0.538. The first kappa shape index (κ1) is 17.6. The lowest BCUT2D eigenvalue weighted by Gasteiger charge is -2.46. The van der Waals surface area contributed by atoms with E-state index >= 15 is 0 Å². The Morgan fingerprint density at radius 2 is 1.60 bits per heavy atom. The molecule has 0 saturated heterocycles. The van der Waals surface area contributed by atoms with Gasteiger partial charge in [0.05, 0.1) is 5.57 Å². The van der Waals surface area contributed by atoms with Gasteiger partial charge in [0.15, 0.2) is 0 Å². The summed E-state index contributed by atoms with van der Waals surface area (Å²) in [5.41, 5.74) is 7.94. The van der Waals surface area contributed by atoms with Gasteiger partial charge in [0.25, 0.3) is 0 Å². The van der Waals surface area contributed by atoms with Crippen molar-refractivity contribution in [3.05, 3.63) is 70.9 Å². The Labute approximate surface area is 151 Å². The van der Waals surface area contributed by atoms with E-state index in [1.165, 1.54) is 33.6 Å². The van der Waals surface area contributed by atoms with Gasteiger partial charge in [-0.25, -0.2) is 0 Å². The van der Waals surface area contributed by atoms with Gasteiger partial charge in [-0.1, -0.05) is 62.4 Å². The highest BCUT2D eigenvalue weighted by atomic mass is 15.0. The summed E-state index contributed by atoms with van der Waals surface area (Å²) < 4.78 is 0. The molecule has 0 spiro atoms. The van der Waals surface area contributed by atoms with Crippen molar-refractivity contribution in [1.82, 2.24) is 0 Å². The average molecular weight is 333 g/mol. The maximum atomic E-state index is 4.38. The van der Waals surface area contributed by atoms with E-state index in [0.717, 1.165) is 0 Å². The van der Waals surface area contributed by atoms with Crippen LogP contribution in [0.15, 0.2) is 59.2 Å². The van der Waals surface area contributed by atoms with Gasteiger partial charge < -0.3 is 0 Å². The number of hydrogen-bond acceptors (Lipinski definition) is 1. The molecule has 3 rings (SSSR count). The standard InChI is InChI=1S/C23H28N2/c1-16-11-10-14-19-20(16)25-21(23(4,5)22(19,2)3)18(15-24-6)17-12-8-7-9-13-17/h7-15,25H,1-6H3/p+1. The molecule has 1 aliphatic heterocycles. The third-order valence-corrected chi connectivity index (χ3v) is 6.16. The molecule has 0 unspecified atom stereocenters. The van der Waals surface area contributed by atoms with E-state index in [9.17, 15) is 0 Å². The molecule has 0 radical (unpaired) electrons. The number of allylic oxidation sites excluding steroid dienone is 2. The number of fused-ring (bicyclic) bond motifs is 1. The van der Waals surface area contributed by atoms with Crippen molar-refractivity contribution in [2.45, 2.75) is 40.0 Å². The van der Waals surface area contributed by atoms with Gasteiger partial charge >= 0.3 is 0 Å². The van der Waals surface area contributed by atoms with Crippen molar-refractivity contribution in [2.24, 2.45) is 10.4 Å². The fourth-order valence-corrected chi connectivity index (χ4v) is 3.88. The van der Waals surface area contributed by atoms with E-state index in [0.29, 0.717) is 0 Å². The molecule has 1 aliphatic rings. The number of para-hydroxylation sites is 1. The monoisotopic (exact) mass is 333 g/mol. The van der Waals surface area contributed by atoms with Crippen molar-refractivity contribution in [3.63, 3.8) is 0 Å². The minimum absolute atomic E-state index is 0.0137. The predicted octanol–water partition coefficient (Wildman–Crippen LogP) is 4.62. The molecule has 0 saturated carbocycles. The van der Waals surface area contributed by atoms with E-state index in [1.807, 2.05) is 13.3 Å². The Morgan fingerprint density at radius 1 is 0.920 bits per heavy atom. The van der Waals surface area contributed by atoms with Crippen LogP contribution in [0, 0.1) is 12.3 Å². The highest BCUT2D eigenvalue weighted by Crippen LogP contribution is 2.50. The molecular formula is C23H29N2+. The quantitative estimate of drug-likeness (QED) is 0.614. The first-order valence-corrected chi connectivity index (χ1v) is 8.98. The number of nitrogens with zero attached hydrogens (tertiary/aromatic N) is 1. The second-order valence-corrected chi connectivity index (χ2v) is 8.01. The summed E-state index contributed by atoms with van der Waals surface area (Å²) in [7, 11) is 1.85. The van der Waals surface area contributed by atoms with Gasteiger partial charge in [0.2, 0.25) is 0 Å². The minimum Gasteiger partial charge on any atom is -0.296 e. The number of rotatable bonds is 2. The van der Waals surface area contributed by atoms with Crippen LogP contribution < -0.4 is 5.32 Å². The van der Waals surface area contributed by atoms with Crippen molar-refractivity contribution in [3.8, 4) is 0 Å². The van der Waals surface area contributed by atoms with Crippen LogP contribution in [-0.4, -0.2) is 13.3 Å². The lowest BCUT2D eigenvalue weighted by atomic mass is 9.59. The van der Waals surface area contributed by atoms with Gasteiger partial charge in [0, 0.05) is 35.2 Å². The molecule has 0 fully saturated rings. The maximum absolute atomic E-state index is 4.38. The highest BCUT2D eigenvalue weighted by Gasteiger charge is 2.50. The van der Waals surface area contributed by atoms with Crippen LogP contribution >= 0.6 is 0 Å². The van der Waals surface area contributed by atoms with Crippen LogP contribution in [-0.2, 0) is 5.41 Å². The van der Waals surface area contributed by atoms with Crippen LogP contribution in [0.1, 0.15) is 44.4 Å². The van der Waals surface area contributed by atoms with Crippen LogP contribution in [0.3, 0.4) is 0 Å². The number of nitrogens with two attached hydrogens (primary N) is 1. The summed E-state index contributed by atoms with van der Waals surface area (Å²) in [5, 5.41) is 2.39. The first-order valence-electron chi connectivity index (χ1n) is 8.98. The fourth-order valence-electron chi connectivity index (χ4n) is 3.88. The van der Waals surface area contributed by atoms with E-state index in [-0.39, 0.29) is 10.8 Å². The number of aryl methyl sites for hydroxylation is 1. The average Bonchev–Trinajstić information content (AvgIpc) is 2.58. The van der Waals surface area contributed by atoms with Gasteiger partial charge in [-0.3, -0.25) is 10.3 Å². The molecule has 2 nitrogen and oxygen atoms in total. The third-order valence-electron chi connectivity index (χ3n) is 6.16. The zero-order valence-corrected chi connectivity index (χ0v) is 16.2. The molecule has 2 aromatic carbocycles. The molecule has 130 valence electrons. The summed E-state index contributed by atoms with van der Waals surface area (Å²) in [4.78, 5) is 4.38. The van der Waals surface area contributed by atoms with Gasteiger partial charge in [-0.2, -0.15) is 0 Å². The zero-order chi connectivity index (χ0) is 18.2. The fraction of sp³-hybridized carbons (Fsp3) is 0.348. The normalized spacial score (nSPS) is 20.4. The molecule has 2 aromatic rings. The van der Waals surface area contributed by atoms with Gasteiger partial charge in [-0.15, -0.1) is 0 Å². The van der Waals surface area contributed by atoms with Crippen LogP contribution in [0.5, 0.6) is 0 Å². The van der Waals surface area contributed by atoms with Crippen LogP contribution in [0.25, 0.3) is 5.57 Å². The van der Waals surface area contributed by atoms with E-state index < -0.39 is 0 Å². The van der Waals surface area contributed by atoms with Gasteiger partial charge in [-0.05, 0) is 26.3 Å². The summed E-state index contributed by atoms with van der Waals surface area (Å²) >= 11 is 0. The predicted molar refractivity (Wildman–Crippen MR) is 107 cm³/mol. The molecule has 0 aliphatic carbocycles. The second kappa shape index (κ2) is 6.27. The largest absolute Gasteiger partial charge is 0.296 e. The summed E-state index contributed by atoms with van der Waals surface area (Å²) in [6.45, 7) is 11.7. The Morgan fingerprint density at radius 3 is 2.24 bits per heavy atom. The molecule has 2 N–H and O–H groups in total. The number of quaternary nitrogens is 1. The molecule has 0 bridgehead atoms. The minimum atomic E-state index is -0.0137. The Hall–Kier alpha value is -2.19. The molecule has 0 amide bonds. The SMILES string of the molecule is CN=CC(=C1[NH2+]c2c(C)cccc2C(C)(C)C1(C)C)c1ccccc1. The topological polar surface area (TPSA) is 29.0 Å². The summed E-state index contributed by atoms with van der Waals surface area (Å²) in [5.74, 6) is 0. The van der Waals surface area contributed by atoms with Crippen LogP contribution in [0.2, 0.25) is 0 Å². The van der Waals surface area contributed by atoms with E-state index in [4.69, 9.17) is 0 Å². The second-order valence-electron chi connectivity index (χ2n) is 8.01. The third kappa shape index (κ3) is 2.75.